The average Bonchev–Trinajstić information content (AvgIpc) is 3.23. The van der Waals surface area contributed by atoms with Gasteiger partial charge in [0.05, 0.1) is 24.8 Å². The largest absolute Gasteiger partial charge is 0.465 e. The molecule has 2 unspecified atom stereocenters. The Morgan fingerprint density at radius 1 is 1.17 bits per heavy atom. The highest BCUT2D eigenvalue weighted by Gasteiger charge is 2.28. The van der Waals surface area contributed by atoms with Gasteiger partial charge < -0.3 is 19.1 Å². The summed E-state index contributed by atoms with van der Waals surface area (Å²) < 4.78 is 15.7. The van der Waals surface area contributed by atoms with E-state index in [-0.39, 0.29) is 18.1 Å². The second-order valence-corrected chi connectivity index (χ2v) is 7.32. The van der Waals surface area contributed by atoms with Gasteiger partial charge in [0.2, 0.25) is 0 Å². The lowest BCUT2D eigenvalue weighted by atomic mass is 10.0. The Bertz CT molecular complexity index is 783. The monoisotopic (exact) mass is 398 g/mol. The highest BCUT2D eigenvalue weighted by Crippen LogP contribution is 2.29. The van der Waals surface area contributed by atoms with Crippen LogP contribution in [-0.4, -0.2) is 64.7 Å². The van der Waals surface area contributed by atoms with Crippen LogP contribution in [0.1, 0.15) is 28.4 Å². The molecule has 1 aliphatic heterocycles. The zero-order valence-electron chi connectivity index (χ0n) is 17.4. The summed E-state index contributed by atoms with van der Waals surface area (Å²) in [6, 6.07) is 18.2. The molecule has 0 N–H and O–H groups in total. The number of benzene rings is 2. The maximum Gasteiger partial charge on any atom is 0.337 e. The fourth-order valence-electron chi connectivity index (χ4n) is 3.78. The Morgan fingerprint density at radius 3 is 2.69 bits per heavy atom. The number of rotatable bonds is 9. The summed E-state index contributed by atoms with van der Waals surface area (Å²) >= 11 is 0. The summed E-state index contributed by atoms with van der Waals surface area (Å²) in [6.07, 6.45) is 1.21. The summed E-state index contributed by atoms with van der Waals surface area (Å²) in [6.45, 7) is 3.09. The zero-order chi connectivity index (χ0) is 20.6. The number of carbonyl (C=O) groups excluding carboxylic acids is 1. The van der Waals surface area contributed by atoms with E-state index in [9.17, 15) is 4.79 Å². The maximum absolute atomic E-state index is 12.0. The number of likely N-dealkylation sites (tertiary alicyclic amines) is 1. The van der Waals surface area contributed by atoms with E-state index < -0.39 is 0 Å². The van der Waals surface area contributed by atoms with Gasteiger partial charge in [0.25, 0.3) is 0 Å². The molecule has 1 fully saturated rings. The molecule has 0 amide bonds. The van der Waals surface area contributed by atoms with Crippen molar-refractivity contribution >= 4 is 11.7 Å². The van der Waals surface area contributed by atoms with Gasteiger partial charge in [0.15, 0.2) is 0 Å². The van der Waals surface area contributed by atoms with Crippen LogP contribution < -0.4 is 4.90 Å². The van der Waals surface area contributed by atoms with Crippen molar-refractivity contribution in [2.24, 2.45) is 0 Å². The lowest BCUT2D eigenvalue weighted by Crippen LogP contribution is -2.36. The fraction of sp³-hybridized carbons (Fsp3) is 0.435. The molecule has 29 heavy (non-hydrogen) atoms. The molecule has 0 radical (unpaired) electrons. The van der Waals surface area contributed by atoms with Crippen LogP contribution >= 0.6 is 0 Å². The molecule has 6 nitrogen and oxygen atoms in total. The molecule has 156 valence electrons. The second kappa shape index (κ2) is 10.4. The van der Waals surface area contributed by atoms with Crippen LogP contribution in [0, 0.1) is 0 Å². The molecule has 2 atom stereocenters. The van der Waals surface area contributed by atoms with Crippen LogP contribution in [-0.2, 0) is 14.2 Å². The van der Waals surface area contributed by atoms with Crippen molar-refractivity contribution in [1.82, 2.24) is 4.90 Å². The van der Waals surface area contributed by atoms with E-state index in [1.165, 1.54) is 12.7 Å². The molecule has 1 saturated heterocycles. The normalized spacial score (nSPS) is 17.8. The first kappa shape index (κ1) is 21.3. The van der Waals surface area contributed by atoms with Crippen molar-refractivity contribution in [2.75, 3.05) is 52.6 Å². The third-order valence-electron chi connectivity index (χ3n) is 5.41. The van der Waals surface area contributed by atoms with Gasteiger partial charge in [-0.1, -0.05) is 36.4 Å². The van der Waals surface area contributed by atoms with Gasteiger partial charge >= 0.3 is 5.97 Å². The Labute approximate surface area is 173 Å². The molecule has 3 rings (SSSR count). The van der Waals surface area contributed by atoms with Gasteiger partial charge in [0, 0.05) is 39.5 Å². The van der Waals surface area contributed by atoms with Crippen LogP contribution in [0.25, 0.3) is 0 Å². The highest BCUT2D eigenvalue weighted by molar-refractivity contribution is 5.90. The van der Waals surface area contributed by atoms with Crippen LogP contribution in [0.4, 0.5) is 5.69 Å². The van der Waals surface area contributed by atoms with Crippen LogP contribution in [0.15, 0.2) is 54.6 Å². The summed E-state index contributed by atoms with van der Waals surface area (Å²) in [7, 11) is 5.12. The molecule has 0 aliphatic carbocycles. The molecule has 1 heterocycles. The van der Waals surface area contributed by atoms with Crippen molar-refractivity contribution in [3.05, 3.63) is 65.7 Å². The number of nitrogens with zero attached hydrogens (tertiary/aromatic N) is 2. The predicted octanol–water partition coefficient (Wildman–Crippen LogP) is 3.35. The van der Waals surface area contributed by atoms with Crippen molar-refractivity contribution in [3.63, 3.8) is 0 Å². The quantitative estimate of drug-likeness (QED) is 0.477. The number of methoxy groups -OCH3 is 2. The second-order valence-electron chi connectivity index (χ2n) is 7.32. The van der Waals surface area contributed by atoms with E-state index in [4.69, 9.17) is 14.2 Å². The van der Waals surface area contributed by atoms with E-state index in [0.29, 0.717) is 12.4 Å². The van der Waals surface area contributed by atoms with Gasteiger partial charge in [-0.25, -0.2) is 4.79 Å². The van der Waals surface area contributed by atoms with Crippen LogP contribution in [0.2, 0.25) is 0 Å². The number of esters is 1. The molecular formula is C23H30N2O4. The molecule has 2 aromatic carbocycles. The van der Waals surface area contributed by atoms with E-state index in [0.717, 1.165) is 31.7 Å². The average molecular weight is 399 g/mol. The van der Waals surface area contributed by atoms with Crippen molar-refractivity contribution in [1.29, 1.82) is 0 Å². The first-order valence-electron chi connectivity index (χ1n) is 9.91. The smallest absolute Gasteiger partial charge is 0.337 e. The minimum Gasteiger partial charge on any atom is -0.465 e. The molecule has 0 spiro atoms. The Hall–Kier alpha value is -2.41. The lowest BCUT2D eigenvalue weighted by molar-refractivity contribution is -0.0671. The molecular weight excluding hydrogens is 368 g/mol. The number of hydrogen-bond acceptors (Lipinski definition) is 6. The number of likely N-dealkylation sites (N-methyl/N-ethyl adjacent to an activating group) is 1. The summed E-state index contributed by atoms with van der Waals surface area (Å²) in [5.41, 5.74) is 2.77. The highest BCUT2D eigenvalue weighted by atomic mass is 16.7. The molecule has 6 heteroatoms. The Kier molecular flexibility index (Phi) is 7.63. The van der Waals surface area contributed by atoms with E-state index >= 15 is 0 Å². The SMILES string of the molecule is COCOC1CCN(CC(c2ccccc2)N(C)c2cccc(C(=O)OC)c2)C1. The van der Waals surface area contributed by atoms with Crippen LogP contribution in [0.3, 0.4) is 0 Å². The van der Waals surface area contributed by atoms with Gasteiger partial charge in [-0.05, 0) is 30.2 Å². The zero-order valence-corrected chi connectivity index (χ0v) is 17.4. The lowest BCUT2D eigenvalue weighted by Gasteiger charge is -2.34. The standard InChI is InChI=1S/C23H30N2O4/c1-24(20-11-7-10-19(14-20)23(26)28-3)22(18-8-5-4-6-9-18)16-25-13-12-21(15-25)29-17-27-2/h4-11,14,21-22H,12-13,15-17H2,1-3H3. The van der Waals surface area contributed by atoms with Gasteiger partial charge in [-0.3, -0.25) is 4.90 Å². The number of carbonyl (C=O) groups is 1. The van der Waals surface area contributed by atoms with E-state index in [1.54, 1.807) is 13.2 Å². The maximum atomic E-state index is 12.0. The molecule has 0 bridgehead atoms. The van der Waals surface area contributed by atoms with E-state index in [1.807, 2.05) is 24.3 Å². The molecule has 1 aliphatic rings. The Balaban J connectivity index is 1.78. The number of anilines is 1. The predicted molar refractivity (Wildman–Crippen MR) is 113 cm³/mol. The molecule has 0 aromatic heterocycles. The van der Waals surface area contributed by atoms with Crippen molar-refractivity contribution in [3.8, 4) is 0 Å². The van der Waals surface area contributed by atoms with Gasteiger partial charge in [-0.15, -0.1) is 0 Å². The van der Waals surface area contributed by atoms with Crippen molar-refractivity contribution in [2.45, 2.75) is 18.6 Å². The topological polar surface area (TPSA) is 51.2 Å². The minimum absolute atomic E-state index is 0.144. The molecule has 2 aromatic rings. The Morgan fingerprint density at radius 2 is 1.97 bits per heavy atom. The van der Waals surface area contributed by atoms with Gasteiger partial charge in [0.1, 0.15) is 6.79 Å². The van der Waals surface area contributed by atoms with Gasteiger partial charge in [-0.2, -0.15) is 0 Å². The van der Waals surface area contributed by atoms with Crippen molar-refractivity contribution < 1.29 is 19.0 Å². The first-order valence-corrected chi connectivity index (χ1v) is 9.91. The number of ether oxygens (including phenoxy) is 3. The number of hydrogen-bond donors (Lipinski definition) is 0. The minimum atomic E-state index is -0.325. The summed E-state index contributed by atoms with van der Waals surface area (Å²) in [5.74, 6) is -0.325. The fourth-order valence-corrected chi connectivity index (χ4v) is 3.78. The molecule has 0 saturated carbocycles. The third kappa shape index (κ3) is 5.56. The first-order chi connectivity index (χ1) is 14.1. The third-order valence-corrected chi connectivity index (χ3v) is 5.41. The van der Waals surface area contributed by atoms with Crippen LogP contribution in [0.5, 0.6) is 0 Å². The summed E-state index contributed by atoms with van der Waals surface area (Å²) in [4.78, 5) is 16.6. The van der Waals surface area contributed by atoms with E-state index in [2.05, 4.69) is 41.1 Å². The summed E-state index contributed by atoms with van der Waals surface area (Å²) in [5, 5.41) is 0.